The molecule has 1 aliphatic rings. The summed E-state index contributed by atoms with van der Waals surface area (Å²) >= 11 is 3.50. The van der Waals surface area contributed by atoms with Gasteiger partial charge in [0.25, 0.3) is 0 Å². The molecule has 0 amide bonds. The summed E-state index contributed by atoms with van der Waals surface area (Å²) in [5.41, 5.74) is 6.05. The lowest BCUT2D eigenvalue weighted by atomic mass is 9.63. The summed E-state index contributed by atoms with van der Waals surface area (Å²) in [5, 5.41) is 11.3. The summed E-state index contributed by atoms with van der Waals surface area (Å²) in [6, 6.07) is 8.02. The lowest BCUT2D eigenvalue weighted by molar-refractivity contribution is -0.0864. The van der Waals surface area contributed by atoms with Gasteiger partial charge in [-0.1, -0.05) is 60.2 Å². The Morgan fingerprint density at radius 2 is 1.80 bits per heavy atom. The number of nitrogens with two attached hydrogens (primary N) is 1. The van der Waals surface area contributed by atoms with E-state index >= 15 is 0 Å². The van der Waals surface area contributed by atoms with Crippen molar-refractivity contribution in [2.24, 2.45) is 11.1 Å². The van der Waals surface area contributed by atoms with E-state index in [0.717, 1.165) is 22.9 Å². The third kappa shape index (κ3) is 3.10. The second-order valence-electron chi connectivity index (χ2n) is 6.33. The minimum absolute atomic E-state index is 0.200. The Hall–Kier alpha value is -0.380. The molecule has 0 aliphatic heterocycles. The number of rotatable bonds is 3. The van der Waals surface area contributed by atoms with E-state index in [9.17, 15) is 5.11 Å². The van der Waals surface area contributed by atoms with Crippen molar-refractivity contribution in [1.82, 2.24) is 0 Å². The number of hydrogen-bond acceptors (Lipinski definition) is 2. The van der Waals surface area contributed by atoms with E-state index < -0.39 is 5.60 Å². The molecule has 20 heavy (non-hydrogen) atoms. The van der Waals surface area contributed by atoms with Crippen molar-refractivity contribution >= 4 is 15.9 Å². The molecule has 0 aromatic heterocycles. The molecule has 2 nitrogen and oxygen atoms in total. The lowest BCUT2D eigenvalue weighted by Gasteiger charge is -2.46. The molecule has 0 spiro atoms. The van der Waals surface area contributed by atoms with Gasteiger partial charge in [0.15, 0.2) is 0 Å². The van der Waals surface area contributed by atoms with Crippen molar-refractivity contribution < 1.29 is 5.11 Å². The van der Waals surface area contributed by atoms with Crippen molar-refractivity contribution in [2.75, 3.05) is 6.54 Å². The van der Waals surface area contributed by atoms with Gasteiger partial charge in [0.05, 0.1) is 5.60 Å². The predicted octanol–water partition coefficient (Wildman–Crippen LogP) is 4.35. The Morgan fingerprint density at radius 3 is 2.35 bits per heavy atom. The van der Waals surface area contributed by atoms with Gasteiger partial charge in [-0.25, -0.2) is 0 Å². The lowest BCUT2D eigenvalue weighted by Crippen LogP contribution is -2.49. The van der Waals surface area contributed by atoms with Gasteiger partial charge in [-0.3, -0.25) is 0 Å². The van der Waals surface area contributed by atoms with Crippen molar-refractivity contribution in [3.05, 3.63) is 34.3 Å². The molecule has 3 N–H and O–H groups in total. The van der Waals surface area contributed by atoms with E-state index in [-0.39, 0.29) is 5.41 Å². The molecule has 0 bridgehead atoms. The second kappa shape index (κ2) is 6.59. The van der Waals surface area contributed by atoms with Crippen molar-refractivity contribution in [3.8, 4) is 0 Å². The third-order valence-electron chi connectivity index (χ3n) is 5.12. The highest BCUT2D eigenvalue weighted by atomic mass is 79.9. The van der Waals surface area contributed by atoms with Gasteiger partial charge in [0.2, 0.25) is 0 Å². The fourth-order valence-corrected chi connectivity index (χ4v) is 3.97. The van der Waals surface area contributed by atoms with Crippen LogP contribution in [0.1, 0.15) is 57.4 Å². The average Bonchev–Trinajstić information content (AvgIpc) is 2.39. The van der Waals surface area contributed by atoms with E-state index in [1.54, 1.807) is 0 Å². The Bertz CT molecular complexity index is 436. The van der Waals surface area contributed by atoms with Crippen LogP contribution < -0.4 is 5.73 Å². The van der Waals surface area contributed by atoms with Gasteiger partial charge in [-0.05, 0) is 37.5 Å². The first-order chi connectivity index (χ1) is 9.52. The molecule has 3 heteroatoms. The van der Waals surface area contributed by atoms with Crippen LogP contribution in [0.4, 0.5) is 0 Å². The molecule has 0 radical (unpaired) electrons. The summed E-state index contributed by atoms with van der Waals surface area (Å²) < 4.78 is 1.01. The third-order valence-corrected chi connectivity index (χ3v) is 5.61. The van der Waals surface area contributed by atoms with Gasteiger partial charge in [-0.15, -0.1) is 0 Å². The monoisotopic (exact) mass is 339 g/mol. The molecule has 1 aliphatic carbocycles. The molecule has 1 unspecified atom stereocenters. The molecule has 1 saturated carbocycles. The quantitative estimate of drug-likeness (QED) is 0.859. The van der Waals surface area contributed by atoms with Crippen LogP contribution in [-0.2, 0) is 5.60 Å². The zero-order valence-electron chi connectivity index (χ0n) is 12.4. The van der Waals surface area contributed by atoms with Gasteiger partial charge < -0.3 is 10.8 Å². The SMILES string of the molecule is CC(O)(c1cccc(Br)c1)C1(CN)CCCCCCC1. The zero-order valence-corrected chi connectivity index (χ0v) is 14.0. The van der Waals surface area contributed by atoms with Crippen LogP contribution in [0.25, 0.3) is 0 Å². The van der Waals surface area contributed by atoms with Gasteiger partial charge in [-0.2, -0.15) is 0 Å². The molecular weight excluding hydrogens is 314 g/mol. The van der Waals surface area contributed by atoms with Crippen LogP contribution in [0, 0.1) is 5.41 Å². The van der Waals surface area contributed by atoms with Crippen LogP contribution >= 0.6 is 15.9 Å². The first kappa shape index (κ1) is 16.0. The van der Waals surface area contributed by atoms with Crippen molar-refractivity contribution in [2.45, 2.75) is 57.5 Å². The van der Waals surface area contributed by atoms with E-state index in [1.807, 2.05) is 31.2 Å². The highest BCUT2D eigenvalue weighted by molar-refractivity contribution is 9.10. The molecule has 2 rings (SSSR count). The Morgan fingerprint density at radius 1 is 1.20 bits per heavy atom. The van der Waals surface area contributed by atoms with E-state index in [2.05, 4.69) is 15.9 Å². The van der Waals surface area contributed by atoms with E-state index in [4.69, 9.17) is 5.73 Å². The topological polar surface area (TPSA) is 46.2 Å². The summed E-state index contributed by atoms with van der Waals surface area (Å²) in [4.78, 5) is 0. The summed E-state index contributed by atoms with van der Waals surface area (Å²) in [6.07, 6.45) is 8.21. The highest BCUT2D eigenvalue weighted by Crippen LogP contribution is 2.48. The van der Waals surface area contributed by atoms with Gasteiger partial charge in [0.1, 0.15) is 0 Å². The van der Waals surface area contributed by atoms with Crippen molar-refractivity contribution in [3.63, 3.8) is 0 Å². The largest absolute Gasteiger partial charge is 0.385 e. The fraction of sp³-hybridized carbons (Fsp3) is 0.647. The highest BCUT2D eigenvalue weighted by Gasteiger charge is 2.46. The molecule has 112 valence electrons. The zero-order chi connectivity index (χ0) is 14.6. The normalized spacial score (nSPS) is 22.6. The molecule has 0 saturated heterocycles. The molecule has 1 aromatic rings. The van der Waals surface area contributed by atoms with Crippen LogP contribution in [-0.4, -0.2) is 11.7 Å². The molecule has 1 fully saturated rings. The summed E-state index contributed by atoms with van der Waals surface area (Å²) in [7, 11) is 0. The second-order valence-corrected chi connectivity index (χ2v) is 7.25. The van der Waals surface area contributed by atoms with Crippen LogP contribution in [0.5, 0.6) is 0 Å². The predicted molar refractivity (Wildman–Crippen MR) is 87.5 cm³/mol. The molecular formula is C17H26BrNO. The number of benzene rings is 1. The first-order valence-electron chi connectivity index (χ1n) is 7.70. The van der Waals surface area contributed by atoms with Crippen LogP contribution in [0.15, 0.2) is 28.7 Å². The minimum atomic E-state index is -0.872. The number of hydrogen-bond donors (Lipinski definition) is 2. The van der Waals surface area contributed by atoms with Gasteiger partial charge in [0, 0.05) is 16.4 Å². The average molecular weight is 340 g/mol. The smallest absolute Gasteiger partial charge is 0.0936 e. The molecule has 1 atom stereocenters. The maximum atomic E-state index is 11.3. The maximum Gasteiger partial charge on any atom is 0.0936 e. The number of halogens is 1. The Balaban J connectivity index is 2.36. The van der Waals surface area contributed by atoms with Crippen LogP contribution in [0.2, 0.25) is 0 Å². The summed E-state index contributed by atoms with van der Waals surface area (Å²) in [6.45, 7) is 2.50. The van der Waals surface area contributed by atoms with Gasteiger partial charge >= 0.3 is 0 Å². The molecule has 0 heterocycles. The summed E-state index contributed by atoms with van der Waals surface area (Å²) in [5.74, 6) is 0. The maximum absolute atomic E-state index is 11.3. The van der Waals surface area contributed by atoms with Crippen molar-refractivity contribution in [1.29, 1.82) is 0 Å². The van der Waals surface area contributed by atoms with Crippen LogP contribution in [0.3, 0.4) is 0 Å². The number of aliphatic hydroxyl groups is 1. The Kier molecular flexibility index (Phi) is 5.27. The minimum Gasteiger partial charge on any atom is -0.385 e. The fourth-order valence-electron chi connectivity index (χ4n) is 3.57. The van der Waals surface area contributed by atoms with E-state index in [1.165, 1.54) is 32.1 Å². The van der Waals surface area contributed by atoms with E-state index in [0.29, 0.717) is 6.54 Å². The molecule has 1 aromatic carbocycles. The Labute approximate surface area is 130 Å². The first-order valence-corrected chi connectivity index (χ1v) is 8.50. The standard InChI is InChI=1S/C17H26BrNO/c1-16(20,14-8-7-9-15(18)12-14)17(13-19)10-5-3-2-4-6-11-17/h7-9,12,20H,2-6,10-11,13,19H2,1H3.